The summed E-state index contributed by atoms with van der Waals surface area (Å²) in [5.74, 6) is -2.96. The molecule has 0 aliphatic heterocycles. The van der Waals surface area contributed by atoms with E-state index < -0.39 is 48.0 Å². The van der Waals surface area contributed by atoms with Gasteiger partial charge in [-0.1, -0.05) is 26.7 Å². The van der Waals surface area contributed by atoms with Gasteiger partial charge in [-0.3, -0.25) is 14.4 Å². The van der Waals surface area contributed by atoms with Crippen LogP contribution in [0, 0.1) is 0 Å². The monoisotopic (exact) mass is 668 g/mol. The number of rotatable bonds is 27. The number of unbranched alkanes of at least 4 members (excludes halogenated alkanes) is 3. The molecular formula is C34H52O13. The van der Waals surface area contributed by atoms with E-state index in [0.29, 0.717) is 50.5 Å². The molecule has 0 amide bonds. The third-order valence-corrected chi connectivity index (χ3v) is 6.23. The smallest absolute Gasteiger partial charge is 0.333 e. The third-order valence-electron chi connectivity index (χ3n) is 6.23. The highest BCUT2D eigenvalue weighted by Gasteiger charge is 2.28. The lowest BCUT2D eigenvalue weighted by Gasteiger charge is -2.26. The van der Waals surface area contributed by atoms with Gasteiger partial charge in [-0.05, 0) is 65.7 Å². The number of hydrogen-bond donors (Lipinski definition) is 0. The Morgan fingerprint density at radius 1 is 0.489 bits per heavy atom. The van der Waals surface area contributed by atoms with Crippen molar-refractivity contribution < 1.29 is 61.9 Å². The van der Waals surface area contributed by atoms with E-state index in [1.54, 1.807) is 27.7 Å². The van der Waals surface area contributed by atoms with Crippen molar-refractivity contribution in [3.05, 3.63) is 36.5 Å². The number of carbonyl (C=O) groups excluding carboxylic acids is 6. The lowest BCUT2D eigenvalue weighted by atomic mass is 10.1. The zero-order chi connectivity index (χ0) is 35.6. The van der Waals surface area contributed by atoms with Crippen LogP contribution < -0.4 is 0 Å². The van der Waals surface area contributed by atoms with Gasteiger partial charge in [0.25, 0.3) is 0 Å². The molecule has 0 N–H and O–H groups in total. The van der Waals surface area contributed by atoms with Crippen LogP contribution in [0.25, 0.3) is 0 Å². The molecule has 2 atom stereocenters. The molecule has 0 radical (unpaired) electrons. The first-order chi connectivity index (χ1) is 22.3. The molecule has 0 aromatic carbocycles. The Kier molecular flexibility index (Phi) is 23.9. The molecule has 0 aliphatic carbocycles. The summed E-state index contributed by atoms with van der Waals surface area (Å²) in [6, 6.07) is 0. The van der Waals surface area contributed by atoms with Gasteiger partial charge < -0.3 is 33.2 Å². The summed E-state index contributed by atoms with van der Waals surface area (Å²) >= 11 is 0. The number of ether oxygens (including phenoxy) is 7. The van der Waals surface area contributed by atoms with Gasteiger partial charge in [0, 0.05) is 36.0 Å². The minimum absolute atomic E-state index is 0.0113. The second-order valence-electron chi connectivity index (χ2n) is 10.9. The molecule has 47 heavy (non-hydrogen) atoms. The molecule has 0 saturated heterocycles. The summed E-state index contributed by atoms with van der Waals surface area (Å²) in [6.45, 7) is 17.2. The van der Waals surface area contributed by atoms with Gasteiger partial charge in [-0.25, -0.2) is 14.4 Å². The average molecular weight is 669 g/mol. The normalized spacial score (nSPS) is 11.7. The topological polar surface area (TPSA) is 167 Å². The fraction of sp³-hybridized carbons (Fsp3) is 0.647. The molecule has 0 bridgehead atoms. The molecular weight excluding hydrogens is 616 g/mol. The standard InChI is InChI=1S/C34H52O13/c1-8-27(46-30(36)16-10-13-19-44-33(39)25(4)5)28(47-31(37)17-11-14-20-45-34(40)26(6)7)23-41-21-22-42-29(35)15-9-12-18-43-32(38)24(2)3/h27-28H,2,4,6,8-23H2,1,3,5,7H3/t27-,28+/m0/s1. The molecule has 266 valence electrons. The first-order valence-corrected chi connectivity index (χ1v) is 15.9. The largest absolute Gasteiger partial charge is 0.463 e. The highest BCUT2D eigenvalue weighted by molar-refractivity contribution is 5.87. The van der Waals surface area contributed by atoms with Crippen molar-refractivity contribution in [1.82, 2.24) is 0 Å². The summed E-state index contributed by atoms with van der Waals surface area (Å²) in [5, 5.41) is 0. The van der Waals surface area contributed by atoms with E-state index in [9.17, 15) is 28.8 Å². The van der Waals surface area contributed by atoms with Crippen LogP contribution in [-0.2, 0) is 61.9 Å². The van der Waals surface area contributed by atoms with E-state index in [2.05, 4.69) is 19.7 Å². The number of carbonyl (C=O) groups is 6. The van der Waals surface area contributed by atoms with Gasteiger partial charge >= 0.3 is 35.8 Å². The lowest BCUT2D eigenvalue weighted by molar-refractivity contribution is -0.174. The Bertz CT molecular complexity index is 1060. The highest BCUT2D eigenvalue weighted by Crippen LogP contribution is 2.14. The molecule has 0 rings (SSSR count). The van der Waals surface area contributed by atoms with Crippen molar-refractivity contribution in [2.75, 3.05) is 39.6 Å². The fourth-order valence-corrected chi connectivity index (χ4v) is 3.56. The van der Waals surface area contributed by atoms with Crippen LogP contribution in [0.2, 0.25) is 0 Å². The summed E-state index contributed by atoms with van der Waals surface area (Å²) in [7, 11) is 0. The Morgan fingerprint density at radius 3 is 1.26 bits per heavy atom. The Balaban J connectivity index is 4.80. The molecule has 0 fully saturated rings. The summed E-state index contributed by atoms with van der Waals surface area (Å²) in [4.78, 5) is 71.5. The lowest BCUT2D eigenvalue weighted by Crippen LogP contribution is -2.38. The van der Waals surface area contributed by atoms with Gasteiger partial charge in [-0.15, -0.1) is 0 Å². The quantitative estimate of drug-likeness (QED) is 0.0514. The maximum absolute atomic E-state index is 12.6. The Hall–Kier alpha value is -4.00. The Labute approximate surface area is 277 Å². The molecule has 0 aliphatic rings. The highest BCUT2D eigenvalue weighted by atomic mass is 16.6. The Morgan fingerprint density at radius 2 is 0.872 bits per heavy atom. The molecule has 0 heterocycles. The third kappa shape index (κ3) is 23.0. The van der Waals surface area contributed by atoms with Crippen molar-refractivity contribution in [2.24, 2.45) is 0 Å². The number of hydrogen-bond acceptors (Lipinski definition) is 13. The number of esters is 6. The molecule has 13 nitrogen and oxygen atoms in total. The van der Waals surface area contributed by atoms with E-state index in [1.807, 2.05) is 0 Å². The predicted molar refractivity (Wildman–Crippen MR) is 171 cm³/mol. The van der Waals surface area contributed by atoms with Gasteiger partial charge in [-0.2, -0.15) is 0 Å². The van der Waals surface area contributed by atoms with E-state index in [0.717, 1.165) is 0 Å². The van der Waals surface area contributed by atoms with Crippen molar-refractivity contribution in [2.45, 2.75) is 104 Å². The summed E-state index contributed by atoms with van der Waals surface area (Å²) in [5.41, 5.74) is 0.879. The second-order valence-corrected chi connectivity index (χ2v) is 10.9. The molecule has 0 unspecified atom stereocenters. The van der Waals surface area contributed by atoms with Crippen LogP contribution in [0.1, 0.15) is 91.9 Å². The first kappa shape index (κ1) is 43.0. The van der Waals surface area contributed by atoms with E-state index >= 15 is 0 Å². The average Bonchev–Trinajstić information content (AvgIpc) is 3.01. The van der Waals surface area contributed by atoms with Crippen molar-refractivity contribution in [3.8, 4) is 0 Å². The van der Waals surface area contributed by atoms with E-state index in [-0.39, 0.29) is 70.0 Å². The van der Waals surface area contributed by atoms with Crippen LogP contribution in [0.5, 0.6) is 0 Å². The molecule has 0 aromatic heterocycles. The van der Waals surface area contributed by atoms with Gasteiger partial charge in [0.1, 0.15) is 12.7 Å². The van der Waals surface area contributed by atoms with Crippen LogP contribution in [0.3, 0.4) is 0 Å². The van der Waals surface area contributed by atoms with Gasteiger partial charge in [0.05, 0.1) is 33.0 Å². The van der Waals surface area contributed by atoms with Crippen molar-refractivity contribution in [3.63, 3.8) is 0 Å². The molecule has 0 spiro atoms. The zero-order valence-electron chi connectivity index (χ0n) is 28.4. The van der Waals surface area contributed by atoms with Crippen molar-refractivity contribution >= 4 is 35.8 Å². The maximum atomic E-state index is 12.6. The maximum Gasteiger partial charge on any atom is 0.333 e. The van der Waals surface area contributed by atoms with Crippen LogP contribution in [0.4, 0.5) is 0 Å². The van der Waals surface area contributed by atoms with E-state index in [1.165, 1.54) is 0 Å². The van der Waals surface area contributed by atoms with Gasteiger partial charge in [0.2, 0.25) is 0 Å². The zero-order valence-corrected chi connectivity index (χ0v) is 28.4. The molecule has 13 heteroatoms. The van der Waals surface area contributed by atoms with Crippen LogP contribution in [-0.4, -0.2) is 87.7 Å². The minimum atomic E-state index is -0.924. The molecule has 0 aromatic rings. The second kappa shape index (κ2) is 26.1. The van der Waals surface area contributed by atoms with Crippen molar-refractivity contribution in [1.29, 1.82) is 0 Å². The summed E-state index contributed by atoms with van der Waals surface area (Å²) < 4.78 is 37.0. The first-order valence-electron chi connectivity index (χ1n) is 15.9. The predicted octanol–water partition coefficient (Wildman–Crippen LogP) is 4.65. The van der Waals surface area contributed by atoms with E-state index in [4.69, 9.17) is 33.2 Å². The van der Waals surface area contributed by atoms with Gasteiger partial charge in [0.15, 0.2) is 6.10 Å². The SMILES string of the molecule is C=C(C)C(=O)OCCCCC(=O)OCCOC[C@@H](OC(=O)CCCCOC(=O)C(=C)C)[C@H](CC)OC(=O)CCCCOC(=O)C(=C)C. The van der Waals surface area contributed by atoms with Crippen LogP contribution >= 0.6 is 0 Å². The molecule has 0 saturated carbocycles. The van der Waals surface area contributed by atoms with Crippen LogP contribution in [0.15, 0.2) is 36.5 Å². The summed E-state index contributed by atoms with van der Waals surface area (Å²) in [6.07, 6.45) is 1.53. The fourth-order valence-electron chi connectivity index (χ4n) is 3.56. The minimum Gasteiger partial charge on any atom is -0.463 e.